The number of aromatic nitrogens is 1. The number of carbonyl (C=O) groups is 1. The summed E-state index contributed by atoms with van der Waals surface area (Å²) < 4.78 is 24.3. The molecule has 4 rings (SSSR count). The van der Waals surface area contributed by atoms with Gasteiger partial charge in [-0.15, -0.1) is 0 Å². The fourth-order valence-corrected chi connectivity index (χ4v) is 3.30. The highest BCUT2D eigenvalue weighted by atomic mass is 19.1. The highest BCUT2D eigenvalue weighted by Gasteiger charge is 2.33. The van der Waals surface area contributed by atoms with E-state index in [2.05, 4.69) is 4.98 Å². The average Bonchev–Trinajstić information content (AvgIpc) is 3.09. The largest absolute Gasteiger partial charge is 0.465 e. The molecule has 29 heavy (non-hydrogen) atoms. The number of ether oxygens (including phenoxy) is 2. The molecule has 2 heterocycles. The second-order valence-corrected chi connectivity index (χ2v) is 6.67. The predicted octanol–water partition coefficient (Wildman–Crippen LogP) is 3.83. The predicted molar refractivity (Wildman–Crippen MR) is 107 cm³/mol. The van der Waals surface area contributed by atoms with Crippen LogP contribution in [-0.4, -0.2) is 31.5 Å². The number of anilines is 2. The van der Waals surface area contributed by atoms with Crippen LogP contribution in [0.4, 0.5) is 15.9 Å². The first-order valence-corrected chi connectivity index (χ1v) is 9.11. The summed E-state index contributed by atoms with van der Waals surface area (Å²) in [6, 6.07) is 17.9. The molecule has 3 aromatic rings. The zero-order valence-electron chi connectivity index (χ0n) is 16.1. The van der Waals surface area contributed by atoms with Gasteiger partial charge in [0.2, 0.25) is 0 Å². The van der Waals surface area contributed by atoms with Crippen molar-refractivity contribution >= 4 is 17.5 Å². The van der Waals surface area contributed by atoms with E-state index >= 15 is 0 Å². The van der Waals surface area contributed by atoms with Crippen molar-refractivity contribution in [1.29, 1.82) is 0 Å². The Morgan fingerprint density at radius 1 is 1.17 bits per heavy atom. The molecule has 1 aliphatic rings. The quantitative estimate of drug-likeness (QED) is 0.614. The number of carbonyl (C=O) groups excluding carboxylic acids is 1. The maximum absolute atomic E-state index is 13.4. The molecule has 0 amide bonds. The lowest BCUT2D eigenvalue weighted by Crippen LogP contribution is -2.47. The van der Waals surface area contributed by atoms with Gasteiger partial charge < -0.3 is 14.4 Å². The fourth-order valence-electron chi connectivity index (χ4n) is 3.30. The molecule has 0 spiro atoms. The Bertz CT molecular complexity index is 1010. The van der Waals surface area contributed by atoms with Gasteiger partial charge in [-0.05, 0) is 42.0 Å². The Morgan fingerprint density at radius 3 is 2.59 bits per heavy atom. The van der Waals surface area contributed by atoms with Crippen molar-refractivity contribution in [2.75, 3.05) is 24.0 Å². The standard InChI is InChI=1S/C22H20FN3O3/c1-25-18-5-3-4-6-19(18)29-22(25)26(20-12-11-17(23)13-24-20)14-15-7-9-16(10-8-15)21(27)28-2/h3-13,22H,14H2,1-2H3. The van der Waals surface area contributed by atoms with Gasteiger partial charge in [-0.3, -0.25) is 4.90 Å². The normalized spacial score (nSPS) is 14.9. The van der Waals surface area contributed by atoms with Crippen LogP contribution in [0.3, 0.4) is 0 Å². The van der Waals surface area contributed by atoms with E-state index in [1.807, 2.05) is 53.2 Å². The fraction of sp³-hybridized carbons (Fsp3) is 0.182. The molecular formula is C22H20FN3O3. The summed E-state index contributed by atoms with van der Waals surface area (Å²) >= 11 is 0. The molecule has 0 N–H and O–H groups in total. The first-order chi connectivity index (χ1) is 14.1. The van der Waals surface area contributed by atoms with Crippen molar-refractivity contribution in [3.8, 4) is 5.75 Å². The number of benzene rings is 2. The minimum Gasteiger partial charge on any atom is -0.465 e. The van der Waals surface area contributed by atoms with Crippen LogP contribution in [0.5, 0.6) is 5.75 Å². The van der Waals surface area contributed by atoms with Gasteiger partial charge in [0, 0.05) is 13.6 Å². The van der Waals surface area contributed by atoms with Gasteiger partial charge in [0.15, 0.2) is 0 Å². The molecule has 0 bridgehead atoms. The van der Waals surface area contributed by atoms with Crippen molar-refractivity contribution < 1.29 is 18.7 Å². The number of hydrogen-bond donors (Lipinski definition) is 0. The number of nitrogens with zero attached hydrogens (tertiary/aromatic N) is 3. The van der Waals surface area contributed by atoms with E-state index in [-0.39, 0.29) is 5.97 Å². The number of rotatable bonds is 5. The second kappa shape index (κ2) is 7.79. The van der Waals surface area contributed by atoms with Crippen molar-refractivity contribution in [3.63, 3.8) is 0 Å². The summed E-state index contributed by atoms with van der Waals surface area (Å²) in [5.74, 6) is 0.560. The van der Waals surface area contributed by atoms with Crippen molar-refractivity contribution in [3.05, 3.63) is 83.8 Å². The first kappa shape index (κ1) is 18.7. The summed E-state index contributed by atoms with van der Waals surface area (Å²) in [5, 5.41) is 0. The molecule has 6 nitrogen and oxygen atoms in total. The lowest BCUT2D eigenvalue weighted by atomic mass is 10.1. The topological polar surface area (TPSA) is 54.9 Å². The van der Waals surface area contributed by atoms with Crippen LogP contribution in [0, 0.1) is 5.82 Å². The number of hydrogen-bond acceptors (Lipinski definition) is 6. The van der Waals surface area contributed by atoms with Gasteiger partial charge in [-0.2, -0.15) is 0 Å². The van der Waals surface area contributed by atoms with E-state index in [1.54, 1.807) is 18.2 Å². The summed E-state index contributed by atoms with van der Waals surface area (Å²) in [7, 11) is 3.29. The summed E-state index contributed by atoms with van der Waals surface area (Å²) in [4.78, 5) is 19.9. The van der Waals surface area contributed by atoms with Crippen molar-refractivity contribution in [1.82, 2.24) is 4.98 Å². The van der Waals surface area contributed by atoms with E-state index in [0.29, 0.717) is 17.9 Å². The molecule has 0 aliphatic carbocycles. The average molecular weight is 393 g/mol. The third-order valence-electron chi connectivity index (χ3n) is 4.81. The Kier molecular flexibility index (Phi) is 5.03. The summed E-state index contributed by atoms with van der Waals surface area (Å²) in [6.07, 6.45) is 0.732. The van der Waals surface area contributed by atoms with E-state index in [0.717, 1.165) is 17.0 Å². The van der Waals surface area contributed by atoms with Gasteiger partial charge in [-0.25, -0.2) is 14.2 Å². The Morgan fingerprint density at radius 2 is 1.93 bits per heavy atom. The molecule has 0 fully saturated rings. The molecule has 0 saturated heterocycles. The summed E-state index contributed by atoms with van der Waals surface area (Å²) in [6.45, 7) is 0.448. The third kappa shape index (κ3) is 3.71. The SMILES string of the molecule is COC(=O)c1ccc(CN(c2ccc(F)cn2)C2Oc3ccccc3N2C)cc1. The number of esters is 1. The Hall–Kier alpha value is -3.61. The smallest absolute Gasteiger partial charge is 0.337 e. The maximum Gasteiger partial charge on any atom is 0.337 e. The van der Waals surface area contributed by atoms with Gasteiger partial charge in [0.1, 0.15) is 17.4 Å². The highest BCUT2D eigenvalue weighted by Crippen LogP contribution is 2.38. The van der Waals surface area contributed by atoms with Crippen molar-refractivity contribution in [2.24, 2.45) is 0 Å². The Balaban J connectivity index is 1.65. The Labute approximate surface area is 168 Å². The lowest BCUT2D eigenvalue weighted by Gasteiger charge is -2.33. The van der Waals surface area contributed by atoms with Crippen LogP contribution >= 0.6 is 0 Å². The van der Waals surface area contributed by atoms with E-state index in [9.17, 15) is 9.18 Å². The van der Waals surface area contributed by atoms with Crippen LogP contribution < -0.4 is 14.5 Å². The molecular weight excluding hydrogens is 373 g/mol. The molecule has 0 saturated carbocycles. The number of halogens is 1. The number of methoxy groups -OCH3 is 1. The molecule has 1 aromatic heterocycles. The lowest BCUT2D eigenvalue weighted by molar-refractivity contribution is 0.0600. The van der Waals surface area contributed by atoms with Gasteiger partial charge in [-0.1, -0.05) is 24.3 Å². The molecule has 7 heteroatoms. The minimum atomic E-state index is -0.453. The van der Waals surface area contributed by atoms with Crippen LogP contribution in [0.25, 0.3) is 0 Å². The number of pyridine rings is 1. The monoisotopic (exact) mass is 393 g/mol. The number of para-hydroxylation sites is 2. The van der Waals surface area contributed by atoms with Gasteiger partial charge >= 0.3 is 5.97 Å². The number of fused-ring (bicyclic) bond motifs is 1. The van der Waals surface area contributed by atoms with Crippen LogP contribution in [-0.2, 0) is 11.3 Å². The molecule has 1 aliphatic heterocycles. The molecule has 2 aromatic carbocycles. The van der Waals surface area contributed by atoms with Gasteiger partial charge in [0.05, 0.1) is 24.6 Å². The first-order valence-electron chi connectivity index (χ1n) is 9.11. The highest BCUT2D eigenvalue weighted by molar-refractivity contribution is 5.89. The van der Waals surface area contributed by atoms with Crippen LogP contribution in [0.2, 0.25) is 0 Å². The zero-order chi connectivity index (χ0) is 20.4. The zero-order valence-corrected chi connectivity index (χ0v) is 16.1. The summed E-state index contributed by atoms with van der Waals surface area (Å²) in [5.41, 5.74) is 2.38. The van der Waals surface area contributed by atoms with E-state index < -0.39 is 12.2 Å². The van der Waals surface area contributed by atoms with Gasteiger partial charge in [0.25, 0.3) is 6.35 Å². The van der Waals surface area contributed by atoms with E-state index in [1.165, 1.54) is 19.4 Å². The molecule has 0 radical (unpaired) electrons. The third-order valence-corrected chi connectivity index (χ3v) is 4.81. The molecule has 1 atom stereocenters. The second-order valence-electron chi connectivity index (χ2n) is 6.67. The van der Waals surface area contributed by atoms with Crippen LogP contribution in [0.1, 0.15) is 15.9 Å². The minimum absolute atomic E-state index is 0.386. The molecule has 1 unspecified atom stereocenters. The maximum atomic E-state index is 13.4. The van der Waals surface area contributed by atoms with Crippen molar-refractivity contribution in [2.45, 2.75) is 12.9 Å². The van der Waals surface area contributed by atoms with E-state index in [4.69, 9.17) is 9.47 Å². The van der Waals surface area contributed by atoms with Crippen LogP contribution in [0.15, 0.2) is 66.9 Å². The molecule has 148 valence electrons.